The zero-order chi connectivity index (χ0) is 23.5. The van der Waals surface area contributed by atoms with Gasteiger partial charge < -0.3 is 20.4 Å². The van der Waals surface area contributed by atoms with Gasteiger partial charge in [-0.2, -0.15) is 0 Å². The molecule has 184 valence electrons. The third-order valence-corrected chi connectivity index (χ3v) is 11.5. The van der Waals surface area contributed by atoms with Crippen molar-refractivity contribution in [3.63, 3.8) is 0 Å². The van der Waals surface area contributed by atoms with Crippen LogP contribution < -0.4 is 0 Å². The first-order valence-corrected chi connectivity index (χ1v) is 13.9. The Labute approximate surface area is 203 Å². The molecule has 4 aliphatic carbocycles. The third kappa shape index (κ3) is 4.06. The molecule has 0 aliphatic heterocycles. The molecule has 0 spiro atoms. The van der Waals surface area contributed by atoms with Gasteiger partial charge in [-0.05, 0) is 80.5 Å². The van der Waals surface area contributed by atoms with Crippen molar-refractivity contribution in [3.05, 3.63) is 11.6 Å². The molecule has 0 aromatic carbocycles. The van der Waals surface area contributed by atoms with Gasteiger partial charge in [0.05, 0.1) is 24.4 Å². The molecule has 0 aromatic heterocycles. The summed E-state index contributed by atoms with van der Waals surface area (Å²) in [5.74, 6) is 2.99. The van der Waals surface area contributed by atoms with E-state index in [1.807, 2.05) is 0 Å². The Morgan fingerprint density at radius 1 is 1.19 bits per heavy atom. The van der Waals surface area contributed by atoms with Crippen LogP contribution in [0.25, 0.3) is 0 Å². The van der Waals surface area contributed by atoms with Crippen LogP contribution in [0.3, 0.4) is 0 Å². The zero-order valence-electron chi connectivity index (χ0n) is 20.4. The van der Waals surface area contributed by atoms with E-state index >= 15 is 0 Å². The normalized spacial score (nSPS) is 48.8. The fraction of sp³-hybridized carbons (Fsp3) is 0.926. The van der Waals surface area contributed by atoms with Gasteiger partial charge in [-0.15, -0.1) is 0 Å². The summed E-state index contributed by atoms with van der Waals surface area (Å²) >= 11 is 4.05. The molecule has 3 fully saturated rings. The van der Waals surface area contributed by atoms with Gasteiger partial charge in [0, 0.05) is 16.7 Å². The number of rotatable bonds is 6. The minimum absolute atomic E-state index is 0.169. The summed E-state index contributed by atoms with van der Waals surface area (Å²) in [5.41, 5.74) is 0.440. The maximum atomic E-state index is 11.1. The SMILES string of the molecule is C[C@H](CCC[C@](C)(O)CO)[C@H]1CC[C@H]2[C@@H]3C(Br)C=C4C[C@@H](O)C[C@H](O)[C@]4(C)[C@H]3CC[C@]12C. The van der Waals surface area contributed by atoms with Crippen LogP contribution in [0.1, 0.15) is 85.5 Å². The van der Waals surface area contributed by atoms with Gasteiger partial charge in [0.2, 0.25) is 0 Å². The van der Waals surface area contributed by atoms with E-state index in [0.717, 1.165) is 19.3 Å². The molecular formula is C27H45BrO4. The minimum Gasteiger partial charge on any atom is -0.393 e. The van der Waals surface area contributed by atoms with E-state index in [1.165, 1.54) is 24.8 Å². The molecule has 32 heavy (non-hydrogen) atoms. The number of aliphatic hydroxyl groups excluding tert-OH is 3. The van der Waals surface area contributed by atoms with Crippen molar-refractivity contribution in [2.75, 3.05) is 6.61 Å². The molecule has 1 unspecified atom stereocenters. The smallest absolute Gasteiger partial charge is 0.0849 e. The molecule has 5 heteroatoms. The van der Waals surface area contributed by atoms with Crippen LogP contribution >= 0.6 is 15.9 Å². The first-order chi connectivity index (χ1) is 14.9. The largest absolute Gasteiger partial charge is 0.393 e. The van der Waals surface area contributed by atoms with Crippen LogP contribution in [-0.4, -0.2) is 49.7 Å². The minimum atomic E-state index is -0.959. The summed E-state index contributed by atoms with van der Waals surface area (Å²) in [6, 6.07) is 0. The lowest BCUT2D eigenvalue weighted by Crippen LogP contribution is -2.58. The number of hydrogen-bond donors (Lipinski definition) is 4. The van der Waals surface area contributed by atoms with Gasteiger partial charge >= 0.3 is 0 Å². The second-order valence-corrected chi connectivity index (χ2v) is 13.6. The van der Waals surface area contributed by atoms with Crippen molar-refractivity contribution in [1.29, 1.82) is 0 Å². The average molecular weight is 514 g/mol. The molecule has 4 N–H and O–H groups in total. The maximum Gasteiger partial charge on any atom is 0.0849 e. The highest BCUT2D eigenvalue weighted by molar-refractivity contribution is 9.09. The fourth-order valence-electron chi connectivity index (χ4n) is 8.71. The molecule has 0 heterocycles. The number of fused-ring (bicyclic) bond motifs is 5. The van der Waals surface area contributed by atoms with Crippen molar-refractivity contribution in [1.82, 2.24) is 0 Å². The second kappa shape index (κ2) is 8.93. The Morgan fingerprint density at radius 2 is 1.91 bits per heavy atom. The van der Waals surface area contributed by atoms with E-state index in [4.69, 9.17) is 0 Å². The number of allylic oxidation sites excluding steroid dienone is 1. The first kappa shape index (κ1) is 25.2. The van der Waals surface area contributed by atoms with Gasteiger partial charge in [-0.25, -0.2) is 0 Å². The van der Waals surface area contributed by atoms with Gasteiger partial charge in [0.1, 0.15) is 0 Å². The predicted molar refractivity (Wildman–Crippen MR) is 131 cm³/mol. The summed E-state index contributed by atoms with van der Waals surface area (Å²) in [6.45, 7) is 8.77. The highest BCUT2D eigenvalue weighted by Crippen LogP contribution is 2.68. The molecule has 0 aromatic rings. The van der Waals surface area contributed by atoms with Crippen LogP contribution in [0.5, 0.6) is 0 Å². The molecule has 0 saturated heterocycles. The summed E-state index contributed by atoms with van der Waals surface area (Å²) in [6.07, 6.45) is 10.3. The lowest BCUT2D eigenvalue weighted by atomic mass is 9.46. The van der Waals surface area contributed by atoms with E-state index in [1.54, 1.807) is 6.92 Å². The Morgan fingerprint density at radius 3 is 2.59 bits per heavy atom. The van der Waals surface area contributed by atoms with Gasteiger partial charge in [-0.3, -0.25) is 0 Å². The quantitative estimate of drug-likeness (QED) is 0.303. The van der Waals surface area contributed by atoms with E-state index in [2.05, 4.69) is 42.8 Å². The van der Waals surface area contributed by atoms with Crippen LogP contribution in [0, 0.1) is 40.4 Å². The molecule has 4 rings (SSSR count). The molecular weight excluding hydrogens is 468 g/mol. The lowest BCUT2D eigenvalue weighted by molar-refractivity contribution is -0.106. The van der Waals surface area contributed by atoms with Crippen LogP contribution in [0.4, 0.5) is 0 Å². The highest BCUT2D eigenvalue weighted by atomic mass is 79.9. The molecule has 4 aliphatic rings. The third-order valence-electron chi connectivity index (χ3n) is 10.6. The van der Waals surface area contributed by atoms with Crippen molar-refractivity contribution >= 4 is 15.9 Å². The molecule has 0 radical (unpaired) electrons. The van der Waals surface area contributed by atoms with Crippen molar-refractivity contribution in [3.8, 4) is 0 Å². The Bertz CT molecular complexity index is 722. The Balaban J connectivity index is 1.52. The van der Waals surface area contributed by atoms with Crippen molar-refractivity contribution in [2.45, 2.75) is 108 Å². The molecule has 4 nitrogen and oxygen atoms in total. The summed E-state index contributed by atoms with van der Waals surface area (Å²) in [4.78, 5) is 0.325. The van der Waals surface area contributed by atoms with Gasteiger partial charge in [0.15, 0.2) is 0 Å². The van der Waals surface area contributed by atoms with E-state index < -0.39 is 17.8 Å². The fourth-order valence-corrected chi connectivity index (χ4v) is 9.76. The standard InChI is InChI=1S/C27H45BrO4/c1-16(6-5-10-25(2,32)15-29)19-7-8-20-24-21(9-11-26(19,20)3)27(4)17(13-22(24)28)12-18(30)14-23(27)31/h13,16,18-24,29-32H,5-12,14-15H2,1-4H3/t16-,18-,19-,20+,21+,22?,23+,24+,25+,26-,27+/m1/s1. The maximum absolute atomic E-state index is 11.1. The Hall–Kier alpha value is 0.0600. The number of hydrogen-bond acceptors (Lipinski definition) is 4. The average Bonchev–Trinajstić information content (AvgIpc) is 3.07. The van der Waals surface area contributed by atoms with E-state index in [-0.39, 0.29) is 12.0 Å². The lowest BCUT2D eigenvalue weighted by Gasteiger charge is -2.60. The molecule has 0 amide bonds. The summed E-state index contributed by atoms with van der Waals surface area (Å²) < 4.78 is 0. The van der Waals surface area contributed by atoms with Crippen molar-refractivity contribution in [2.24, 2.45) is 40.4 Å². The van der Waals surface area contributed by atoms with Gasteiger partial charge in [-0.1, -0.05) is 61.2 Å². The van der Waals surface area contributed by atoms with E-state index in [0.29, 0.717) is 59.1 Å². The van der Waals surface area contributed by atoms with Crippen LogP contribution in [0.2, 0.25) is 0 Å². The summed E-state index contributed by atoms with van der Waals surface area (Å²) in [7, 11) is 0. The summed E-state index contributed by atoms with van der Waals surface area (Å²) in [5, 5.41) is 40.9. The number of alkyl halides is 1. The predicted octanol–water partition coefficient (Wildman–Crippen LogP) is 4.82. The highest BCUT2D eigenvalue weighted by Gasteiger charge is 2.62. The second-order valence-electron chi connectivity index (χ2n) is 12.6. The first-order valence-electron chi connectivity index (χ1n) is 13.0. The zero-order valence-corrected chi connectivity index (χ0v) is 22.0. The Kier molecular flexibility index (Phi) is 7.02. The molecule has 3 saturated carbocycles. The van der Waals surface area contributed by atoms with Crippen LogP contribution in [0.15, 0.2) is 11.6 Å². The monoisotopic (exact) mass is 512 g/mol. The topological polar surface area (TPSA) is 80.9 Å². The number of halogens is 1. The van der Waals surface area contributed by atoms with Crippen LogP contribution in [-0.2, 0) is 0 Å². The van der Waals surface area contributed by atoms with Crippen molar-refractivity contribution < 1.29 is 20.4 Å². The van der Waals surface area contributed by atoms with E-state index in [9.17, 15) is 20.4 Å². The van der Waals surface area contributed by atoms with Gasteiger partial charge in [0.25, 0.3) is 0 Å². The molecule has 0 bridgehead atoms. The number of aliphatic hydroxyl groups is 4. The molecule has 11 atom stereocenters.